The van der Waals surface area contributed by atoms with Crippen molar-refractivity contribution in [2.75, 3.05) is 10.6 Å². The predicted molar refractivity (Wildman–Crippen MR) is 138 cm³/mol. The molecule has 1 saturated heterocycles. The minimum Gasteiger partial charge on any atom is -0.377 e. The molecule has 0 aromatic heterocycles. The molecule has 36 heavy (non-hydrogen) atoms. The van der Waals surface area contributed by atoms with Crippen LogP contribution in [0.1, 0.15) is 87.9 Å². The molecule has 2 aliphatic carbocycles. The Balaban J connectivity index is 1.50. The average Bonchev–Trinajstić information content (AvgIpc) is 3.10. The van der Waals surface area contributed by atoms with E-state index in [2.05, 4.69) is 22.8 Å². The van der Waals surface area contributed by atoms with Crippen molar-refractivity contribution in [1.29, 1.82) is 0 Å². The van der Waals surface area contributed by atoms with Gasteiger partial charge in [0.15, 0.2) is 22.7 Å². The van der Waals surface area contributed by atoms with Gasteiger partial charge in [-0.15, -0.1) is 0 Å². The fourth-order valence-corrected chi connectivity index (χ4v) is 8.65. The minimum atomic E-state index is -1.75. The molecule has 0 radical (unpaired) electrons. The number of carbonyl (C=O) groups is 2. The van der Waals surface area contributed by atoms with Crippen LogP contribution in [0, 0.1) is 33.6 Å². The first kappa shape index (κ1) is 22.5. The number of fused-ring (bicyclic) bond motifs is 2. The van der Waals surface area contributed by atoms with Gasteiger partial charge in [-0.2, -0.15) is 0 Å². The molecule has 2 aromatic carbocycles. The largest absolute Gasteiger partial charge is 0.377 e. The lowest BCUT2D eigenvalue weighted by Crippen LogP contribution is -2.72. The van der Waals surface area contributed by atoms with Gasteiger partial charge in [-0.05, 0) is 101 Å². The number of ether oxygens (including phenoxy) is 1. The second kappa shape index (κ2) is 6.78. The summed E-state index contributed by atoms with van der Waals surface area (Å²) < 4.78 is 7.11. The summed E-state index contributed by atoms with van der Waals surface area (Å²) in [4.78, 5) is 28.7. The van der Waals surface area contributed by atoms with E-state index >= 15 is 0 Å². The van der Waals surface area contributed by atoms with Crippen LogP contribution in [0.5, 0.6) is 0 Å². The van der Waals surface area contributed by atoms with Gasteiger partial charge < -0.3 is 20.5 Å². The van der Waals surface area contributed by atoms with Crippen LogP contribution in [0.3, 0.4) is 0 Å². The summed E-state index contributed by atoms with van der Waals surface area (Å²) in [7, 11) is 0. The Morgan fingerprint density at radius 1 is 0.806 bits per heavy atom. The highest BCUT2D eigenvalue weighted by Crippen LogP contribution is 2.67. The molecule has 3 N–H and O–H groups in total. The molecule has 6 heteroatoms. The molecule has 2 aromatic rings. The van der Waals surface area contributed by atoms with Crippen molar-refractivity contribution in [3.05, 3.63) is 57.6 Å². The van der Waals surface area contributed by atoms with Crippen molar-refractivity contribution in [3.8, 4) is 0 Å². The number of Topliss-reactive ketones (excluding diaryl/α,β-unsaturated/α-hetero) is 2. The molecule has 188 valence electrons. The predicted octanol–water partition coefficient (Wildman–Crippen LogP) is 5.15. The van der Waals surface area contributed by atoms with Crippen molar-refractivity contribution in [3.63, 3.8) is 0 Å². The van der Waals surface area contributed by atoms with Gasteiger partial charge in [-0.25, -0.2) is 0 Å². The van der Waals surface area contributed by atoms with Gasteiger partial charge in [0.25, 0.3) is 0 Å². The van der Waals surface area contributed by atoms with Crippen LogP contribution < -0.4 is 10.6 Å². The smallest absolute Gasteiger partial charge is 0.201 e. The van der Waals surface area contributed by atoms with E-state index in [4.69, 9.17) is 4.74 Å². The molecule has 2 saturated carbocycles. The fourth-order valence-electron chi connectivity index (χ4n) is 8.65. The van der Waals surface area contributed by atoms with Crippen LogP contribution in [0.4, 0.5) is 11.4 Å². The number of hydrogen-bond acceptors (Lipinski definition) is 6. The van der Waals surface area contributed by atoms with Gasteiger partial charge in [0.1, 0.15) is 0 Å². The number of hydrogen-bond donors (Lipinski definition) is 3. The number of aliphatic hydroxyl groups is 1. The number of rotatable bonds is 0. The number of benzene rings is 2. The molecule has 5 aliphatic rings. The standard InChI is InChI=1S/C30H34N2O4/c1-16-13-19(4)24-20(14-16)25(33)28(35)10-7-8-22-27-9-5-6-11-29(27,36-30(22,28)32-24)26(34)21-15-17(2)12-18(3)23(21)31-27/h12-15,22,31-32,35H,5-11H2,1-4H3. The van der Waals surface area contributed by atoms with E-state index in [1.165, 1.54) is 0 Å². The summed E-state index contributed by atoms with van der Waals surface area (Å²) in [6.45, 7) is 8.01. The van der Waals surface area contributed by atoms with Gasteiger partial charge in [0.05, 0.1) is 11.2 Å². The summed E-state index contributed by atoms with van der Waals surface area (Å²) >= 11 is 0. The van der Waals surface area contributed by atoms with Crippen molar-refractivity contribution in [2.24, 2.45) is 5.92 Å². The lowest BCUT2D eigenvalue weighted by atomic mass is 9.54. The Bertz CT molecular complexity index is 1380. The van der Waals surface area contributed by atoms with Crippen LogP contribution in [-0.2, 0) is 4.74 Å². The fraction of sp³-hybridized carbons (Fsp3) is 0.533. The van der Waals surface area contributed by atoms with E-state index in [0.29, 0.717) is 30.4 Å². The van der Waals surface area contributed by atoms with Crippen molar-refractivity contribution >= 4 is 22.9 Å². The molecule has 5 unspecified atom stereocenters. The SMILES string of the molecule is Cc1cc(C)c2c(c1)C(=O)C1(O)CCCC3C45CCCCC4(OC31N2)C(=O)c1cc(C)cc(C)c1N5. The Labute approximate surface area is 211 Å². The summed E-state index contributed by atoms with van der Waals surface area (Å²) in [6, 6.07) is 7.98. The summed E-state index contributed by atoms with van der Waals surface area (Å²) in [5.41, 5.74) is 1.87. The maximum Gasteiger partial charge on any atom is 0.201 e. The quantitative estimate of drug-likeness (QED) is 0.478. The Kier molecular flexibility index (Phi) is 4.24. The summed E-state index contributed by atoms with van der Waals surface area (Å²) in [5.74, 6) is -0.540. The van der Waals surface area contributed by atoms with Gasteiger partial charge in [0.2, 0.25) is 5.78 Å². The summed E-state index contributed by atoms with van der Waals surface area (Å²) in [6.07, 6.45) is 4.98. The highest BCUT2D eigenvalue weighted by atomic mass is 16.6. The van der Waals surface area contributed by atoms with Crippen molar-refractivity contribution < 1.29 is 19.4 Å². The molecule has 5 atom stereocenters. The molecule has 3 heterocycles. The third kappa shape index (κ3) is 2.32. The second-order valence-electron chi connectivity index (χ2n) is 12.1. The number of carbonyl (C=O) groups excluding carboxylic acids is 2. The topological polar surface area (TPSA) is 87.7 Å². The number of aryl methyl sites for hydroxylation is 4. The highest BCUT2D eigenvalue weighted by Gasteiger charge is 2.82. The maximum absolute atomic E-state index is 14.6. The van der Waals surface area contributed by atoms with Crippen LogP contribution in [0.25, 0.3) is 0 Å². The molecule has 1 spiro atoms. The molecular weight excluding hydrogens is 452 g/mol. The summed E-state index contributed by atoms with van der Waals surface area (Å²) in [5, 5.41) is 19.9. The molecular formula is C30H34N2O4. The van der Waals surface area contributed by atoms with Crippen LogP contribution in [0.15, 0.2) is 24.3 Å². The van der Waals surface area contributed by atoms with E-state index in [1.54, 1.807) is 0 Å². The third-order valence-electron chi connectivity index (χ3n) is 9.99. The molecule has 6 nitrogen and oxygen atoms in total. The van der Waals surface area contributed by atoms with Crippen LogP contribution >= 0.6 is 0 Å². The van der Waals surface area contributed by atoms with Gasteiger partial charge >= 0.3 is 0 Å². The first-order valence-electron chi connectivity index (χ1n) is 13.4. The number of ketones is 2. The Morgan fingerprint density at radius 3 is 2.11 bits per heavy atom. The van der Waals surface area contributed by atoms with Crippen LogP contribution in [-0.4, -0.2) is 39.1 Å². The van der Waals surface area contributed by atoms with Gasteiger partial charge in [-0.1, -0.05) is 18.6 Å². The Hall–Kier alpha value is -2.70. The number of anilines is 2. The van der Waals surface area contributed by atoms with Gasteiger partial charge in [-0.3, -0.25) is 9.59 Å². The lowest BCUT2D eigenvalue weighted by molar-refractivity contribution is -0.187. The normalized spacial score (nSPS) is 38.0. The van der Waals surface area contributed by atoms with E-state index < -0.39 is 22.5 Å². The van der Waals surface area contributed by atoms with E-state index in [1.807, 2.05) is 39.8 Å². The first-order valence-corrected chi connectivity index (χ1v) is 13.4. The van der Waals surface area contributed by atoms with E-state index in [-0.39, 0.29) is 17.5 Å². The zero-order chi connectivity index (χ0) is 25.3. The van der Waals surface area contributed by atoms with Gasteiger partial charge in [0, 0.05) is 22.7 Å². The molecule has 7 rings (SSSR count). The van der Waals surface area contributed by atoms with E-state index in [9.17, 15) is 14.7 Å². The second-order valence-corrected chi connectivity index (χ2v) is 12.1. The van der Waals surface area contributed by atoms with Crippen molar-refractivity contribution in [2.45, 2.75) is 95.1 Å². The molecule has 0 amide bonds. The zero-order valence-corrected chi connectivity index (χ0v) is 21.5. The number of nitrogens with one attached hydrogen (secondary N) is 2. The molecule has 0 bridgehead atoms. The third-order valence-corrected chi connectivity index (χ3v) is 9.99. The molecule has 3 aliphatic heterocycles. The zero-order valence-electron chi connectivity index (χ0n) is 21.5. The average molecular weight is 487 g/mol. The monoisotopic (exact) mass is 486 g/mol. The lowest BCUT2D eigenvalue weighted by Gasteiger charge is -2.56. The highest BCUT2D eigenvalue weighted by molar-refractivity contribution is 6.13. The van der Waals surface area contributed by atoms with Crippen molar-refractivity contribution in [1.82, 2.24) is 0 Å². The minimum absolute atomic E-state index is 0.00505. The maximum atomic E-state index is 14.6. The Morgan fingerprint density at radius 2 is 1.42 bits per heavy atom. The molecule has 3 fully saturated rings. The van der Waals surface area contributed by atoms with Crippen LogP contribution in [0.2, 0.25) is 0 Å². The van der Waals surface area contributed by atoms with E-state index in [0.717, 1.165) is 59.3 Å². The first-order chi connectivity index (χ1) is 17.1.